The Morgan fingerprint density at radius 2 is 1.23 bits per heavy atom. The normalized spacial score (nSPS) is 39.5. The minimum absolute atomic E-state index is 0.330. The highest BCUT2D eigenvalue weighted by molar-refractivity contribution is 5.46. The van der Waals surface area contributed by atoms with Crippen LogP contribution < -0.4 is 0 Å². The van der Waals surface area contributed by atoms with Crippen LogP contribution in [0.15, 0.2) is 71.9 Å². The first kappa shape index (κ1) is 15.3. The number of hydrogen-bond acceptors (Lipinski definition) is 0. The molecule has 0 radical (unpaired) electrons. The number of rotatable bonds is 4. The fraction of sp³-hybridized carbons (Fsp3) is 0.455. The van der Waals surface area contributed by atoms with Gasteiger partial charge >= 0.3 is 0 Å². The van der Waals surface area contributed by atoms with Crippen molar-refractivity contribution in [3.8, 4) is 0 Å². The molecule has 0 bridgehead atoms. The van der Waals surface area contributed by atoms with Crippen molar-refractivity contribution in [1.29, 1.82) is 0 Å². The van der Waals surface area contributed by atoms with Crippen LogP contribution in [0.5, 0.6) is 0 Å². The third kappa shape index (κ3) is 2.04. The lowest BCUT2D eigenvalue weighted by Crippen LogP contribution is -2.54. The summed E-state index contributed by atoms with van der Waals surface area (Å²) < 4.78 is 0. The average Bonchev–Trinajstić information content (AvgIpc) is 3.13. The Kier molecular flexibility index (Phi) is 3.47. The SMILES string of the molecule is C=C(C)C1=CC([C@]2(C)CC[C@]2(C)C2C=CC(C(=C)C)=C2)C=C1. The molecule has 1 fully saturated rings. The number of hydrogen-bond donors (Lipinski definition) is 0. The lowest BCUT2D eigenvalue weighted by Gasteiger charge is -2.61. The van der Waals surface area contributed by atoms with Crippen molar-refractivity contribution in [3.05, 3.63) is 71.9 Å². The van der Waals surface area contributed by atoms with Crippen LogP contribution in [0.2, 0.25) is 0 Å². The molecule has 4 atom stereocenters. The quantitative estimate of drug-likeness (QED) is 0.581. The minimum atomic E-state index is 0.330. The summed E-state index contributed by atoms with van der Waals surface area (Å²) in [6.45, 7) is 17.3. The highest BCUT2D eigenvalue weighted by Crippen LogP contribution is 2.66. The fourth-order valence-corrected chi connectivity index (χ4v) is 4.39. The van der Waals surface area contributed by atoms with Crippen molar-refractivity contribution in [3.63, 3.8) is 0 Å². The molecule has 0 spiro atoms. The van der Waals surface area contributed by atoms with E-state index in [0.29, 0.717) is 22.7 Å². The molecule has 0 amide bonds. The minimum Gasteiger partial charge on any atom is -0.0955 e. The molecule has 1 saturated carbocycles. The van der Waals surface area contributed by atoms with Gasteiger partial charge in [-0.3, -0.25) is 0 Å². The molecule has 0 aromatic carbocycles. The lowest BCUT2D eigenvalue weighted by atomic mass is 9.43. The third-order valence-electron chi connectivity index (χ3n) is 6.61. The molecule has 0 heteroatoms. The van der Waals surface area contributed by atoms with Crippen LogP contribution in [0.4, 0.5) is 0 Å². The van der Waals surface area contributed by atoms with Crippen molar-refractivity contribution in [2.45, 2.75) is 40.5 Å². The van der Waals surface area contributed by atoms with E-state index in [-0.39, 0.29) is 0 Å². The van der Waals surface area contributed by atoms with Gasteiger partial charge in [-0.2, -0.15) is 0 Å². The standard InChI is InChI=1S/C22H28/c1-15(2)17-7-9-19(13-17)21(5)11-12-22(21,6)20-10-8-18(14-20)16(3)4/h7-10,13-14,19-20H,1,3,11-12H2,2,4-6H3/t19?,20?,21-,22+. The average molecular weight is 292 g/mol. The zero-order valence-electron chi connectivity index (χ0n) is 14.4. The van der Waals surface area contributed by atoms with Crippen LogP contribution in [0.3, 0.4) is 0 Å². The highest BCUT2D eigenvalue weighted by Gasteiger charge is 2.58. The molecule has 2 unspecified atom stereocenters. The topological polar surface area (TPSA) is 0 Å². The Morgan fingerprint density at radius 1 is 0.864 bits per heavy atom. The summed E-state index contributed by atoms with van der Waals surface area (Å²) in [5.74, 6) is 1.07. The molecular formula is C22H28. The van der Waals surface area contributed by atoms with E-state index in [9.17, 15) is 0 Å². The maximum Gasteiger partial charge on any atom is 0.00183 e. The van der Waals surface area contributed by atoms with Gasteiger partial charge in [0.2, 0.25) is 0 Å². The summed E-state index contributed by atoms with van der Waals surface area (Å²) in [7, 11) is 0. The monoisotopic (exact) mass is 292 g/mol. The lowest BCUT2D eigenvalue weighted by molar-refractivity contribution is -0.0902. The second-order valence-electron chi connectivity index (χ2n) is 7.91. The second kappa shape index (κ2) is 4.98. The molecule has 0 heterocycles. The zero-order valence-corrected chi connectivity index (χ0v) is 14.4. The van der Waals surface area contributed by atoms with Gasteiger partial charge in [-0.1, -0.05) is 74.6 Å². The number of allylic oxidation sites excluding steroid dienone is 10. The van der Waals surface area contributed by atoms with Gasteiger partial charge in [0, 0.05) is 11.8 Å². The van der Waals surface area contributed by atoms with E-state index in [1.54, 1.807) is 0 Å². The Morgan fingerprint density at radius 3 is 1.45 bits per heavy atom. The van der Waals surface area contributed by atoms with E-state index in [2.05, 4.69) is 77.3 Å². The molecule has 0 N–H and O–H groups in total. The summed E-state index contributed by atoms with van der Waals surface area (Å²) in [5, 5.41) is 0. The molecule has 22 heavy (non-hydrogen) atoms. The Labute approximate surface area is 135 Å². The predicted molar refractivity (Wildman–Crippen MR) is 96.5 cm³/mol. The smallest absolute Gasteiger partial charge is 0.00183 e. The molecule has 0 aliphatic heterocycles. The third-order valence-corrected chi connectivity index (χ3v) is 6.61. The van der Waals surface area contributed by atoms with Crippen molar-refractivity contribution in [2.24, 2.45) is 22.7 Å². The molecular weight excluding hydrogens is 264 g/mol. The van der Waals surface area contributed by atoms with E-state index >= 15 is 0 Å². The van der Waals surface area contributed by atoms with Gasteiger partial charge in [-0.25, -0.2) is 0 Å². The van der Waals surface area contributed by atoms with E-state index in [1.807, 2.05) is 0 Å². The van der Waals surface area contributed by atoms with Crippen LogP contribution in [-0.2, 0) is 0 Å². The van der Waals surface area contributed by atoms with Gasteiger partial charge in [-0.05, 0) is 48.7 Å². The van der Waals surface area contributed by atoms with Crippen molar-refractivity contribution < 1.29 is 0 Å². The van der Waals surface area contributed by atoms with Crippen LogP contribution in [0, 0.1) is 22.7 Å². The van der Waals surface area contributed by atoms with Gasteiger partial charge in [0.1, 0.15) is 0 Å². The van der Waals surface area contributed by atoms with Gasteiger partial charge in [0.25, 0.3) is 0 Å². The van der Waals surface area contributed by atoms with E-state index in [4.69, 9.17) is 0 Å². The van der Waals surface area contributed by atoms with Gasteiger partial charge in [0.15, 0.2) is 0 Å². The molecule has 0 aromatic heterocycles. The van der Waals surface area contributed by atoms with E-state index in [1.165, 1.54) is 35.1 Å². The van der Waals surface area contributed by atoms with Crippen LogP contribution >= 0.6 is 0 Å². The Balaban J connectivity index is 1.88. The van der Waals surface area contributed by atoms with Crippen LogP contribution in [-0.4, -0.2) is 0 Å². The highest BCUT2D eigenvalue weighted by atomic mass is 14.6. The largest absolute Gasteiger partial charge is 0.0955 e. The van der Waals surface area contributed by atoms with E-state index in [0.717, 1.165) is 0 Å². The van der Waals surface area contributed by atoms with Crippen molar-refractivity contribution in [1.82, 2.24) is 0 Å². The summed E-state index contributed by atoms with van der Waals surface area (Å²) in [5.41, 5.74) is 5.65. The first-order chi connectivity index (χ1) is 10.3. The van der Waals surface area contributed by atoms with E-state index < -0.39 is 0 Å². The zero-order chi connectivity index (χ0) is 16.1. The summed E-state index contributed by atoms with van der Waals surface area (Å²) >= 11 is 0. The first-order valence-corrected chi connectivity index (χ1v) is 8.40. The molecule has 0 aromatic rings. The summed E-state index contributed by atoms with van der Waals surface area (Å²) in [4.78, 5) is 0. The molecule has 3 aliphatic carbocycles. The van der Waals surface area contributed by atoms with Crippen molar-refractivity contribution >= 4 is 0 Å². The summed E-state index contributed by atoms with van der Waals surface area (Å²) in [6, 6.07) is 0. The van der Waals surface area contributed by atoms with Gasteiger partial charge in [-0.15, -0.1) is 0 Å². The molecule has 3 aliphatic rings. The van der Waals surface area contributed by atoms with Crippen molar-refractivity contribution in [2.75, 3.05) is 0 Å². The maximum absolute atomic E-state index is 4.09. The fourth-order valence-electron chi connectivity index (χ4n) is 4.39. The van der Waals surface area contributed by atoms with Crippen LogP contribution in [0.1, 0.15) is 40.5 Å². The maximum atomic E-state index is 4.09. The Bertz CT molecular complexity index is 594. The predicted octanol–water partition coefficient (Wildman–Crippen LogP) is 6.17. The molecule has 0 nitrogen and oxygen atoms in total. The van der Waals surface area contributed by atoms with Gasteiger partial charge < -0.3 is 0 Å². The van der Waals surface area contributed by atoms with Crippen LogP contribution in [0.25, 0.3) is 0 Å². The molecule has 0 saturated heterocycles. The first-order valence-electron chi connectivity index (χ1n) is 8.40. The Hall–Kier alpha value is -1.56. The molecule has 3 rings (SSSR count). The summed E-state index contributed by atoms with van der Waals surface area (Å²) in [6.07, 6.45) is 16.8. The molecule has 116 valence electrons. The second-order valence-corrected chi connectivity index (χ2v) is 7.91. The van der Waals surface area contributed by atoms with Gasteiger partial charge in [0.05, 0.1) is 0 Å².